The van der Waals surface area contributed by atoms with Gasteiger partial charge in [0, 0.05) is 55.8 Å². The van der Waals surface area contributed by atoms with Gasteiger partial charge < -0.3 is 10.2 Å². The molecule has 0 radical (unpaired) electrons. The first-order chi connectivity index (χ1) is 12.3. The third-order valence-electron chi connectivity index (χ3n) is 5.18. The first kappa shape index (κ1) is 16.9. The lowest BCUT2D eigenvalue weighted by atomic mass is 9.94. The van der Waals surface area contributed by atoms with E-state index in [1.165, 1.54) is 24.2 Å². The fourth-order valence-electron chi connectivity index (χ4n) is 3.72. The standard InChI is InChI=1S/C18H26N6S/c1-14-22-16(12-25-14)11-23-6-8-24(9-7-23)18-10-17(20-13-21-18)15-2-4-19-5-3-15/h10,12-13,15,19H,2-9,11H2,1H3. The van der Waals surface area contributed by atoms with Gasteiger partial charge in [-0.1, -0.05) is 0 Å². The van der Waals surface area contributed by atoms with Crippen molar-refractivity contribution in [3.8, 4) is 0 Å². The van der Waals surface area contributed by atoms with Gasteiger partial charge >= 0.3 is 0 Å². The molecule has 0 amide bonds. The molecule has 6 nitrogen and oxygen atoms in total. The van der Waals surface area contributed by atoms with E-state index in [-0.39, 0.29) is 0 Å². The second-order valence-corrected chi connectivity index (χ2v) is 8.01. The topological polar surface area (TPSA) is 57.2 Å². The lowest BCUT2D eigenvalue weighted by molar-refractivity contribution is 0.247. The van der Waals surface area contributed by atoms with Crippen molar-refractivity contribution in [2.75, 3.05) is 44.2 Å². The Morgan fingerprint density at radius 1 is 1.16 bits per heavy atom. The van der Waals surface area contributed by atoms with Crippen molar-refractivity contribution in [3.05, 3.63) is 34.2 Å². The van der Waals surface area contributed by atoms with Crippen LogP contribution in [0.25, 0.3) is 0 Å². The van der Waals surface area contributed by atoms with E-state index in [9.17, 15) is 0 Å². The summed E-state index contributed by atoms with van der Waals surface area (Å²) in [6.45, 7) is 9.38. The minimum Gasteiger partial charge on any atom is -0.354 e. The number of hydrogen-bond acceptors (Lipinski definition) is 7. The maximum absolute atomic E-state index is 4.58. The summed E-state index contributed by atoms with van der Waals surface area (Å²) in [5.74, 6) is 1.67. The van der Waals surface area contributed by atoms with E-state index >= 15 is 0 Å². The highest BCUT2D eigenvalue weighted by Gasteiger charge is 2.21. The van der Waals surface area contributed by atoms with Crippen molar-refractivity contribution in [3.63, 3.8) is 0 Å². The summed E-state index contributed by atoms with van der Waals surface area (Å²) in [6, 6.07) is 2.22. The molecule has 0 unspecified atom stereocenters. The Labute approximate surface area is 153 Å². The van der Waals surface area contributed by atoms with Crippen molar-refractivity contribution in [2.24, 2.45) is 0 Å². The van der Waals surface area contributed by atoms with E-state index in [0.29, 0.717) is 5.92 Å². The first-order valence-corrected chi connectivity index (χ1v) is 10.1. The summed E-state index contributed by atoms with van der Waals surface area (Å²) in [5, 5.41) is 6.76. The van der Waals surface area contributed by atoms with Gasteiger partial charge in [-0.25, -0.2) is 15.0 Å². The highest BCUT2D eigenvalue weighted by atomic mass is 32.1. The zero-order chi connectivity index (χ0) is 17.1. The zero-order valence-electron chi connectivity index (χ0n) is 14.8. The molecule has 2 aliphatic heterocycles. The van der Waals surface area contributed by atoms with E-state index in [2.05, 4.69) is 48.4 Å². The molecule has 2 aromatic rings. The summed E-state index contributed by atoms with van der Waals surface area (Å²) in [5.41, 5.74) is 2.41. The van der Waals surface area contributed by atoms with Crippen LogP contribution in [-0.4, -0.2) is 59.1 Å². The Morgan fingerprint density at radius 3 is 2.68 bits per heavy atom. The molecule has 134 valence electrons. The number of hydrogen-bond donors (Lipinski definition) is 1. The van der Waals surface area contributed by atoms with Gasteiger partial charge in [0.05, 0.1) is 10.7 Å². The lowest BCUT2D eigenvalue weighted by Crippen LogP contribution is -2.46. The third kappa shape index (κ3) is 4.16. The van der Waals surface area contributed by atoms with E-state index < -0.39 is 0 Å². The van der Waals surface area contributed by atoms with Gasteiger partial charge in [-0.3, -0.25) is 4.90 Å². The molecular weight excluding hydrogens is 332 g/mol. The number of anilines is 1. The molecule has 4 rings (SSSR count). The summed E-state index contributed by atoms with van der Waals surface area (Å²) in [6.07, 6.45) is 4.10. The fraction of sp³-hybridized carbons (Fsp3) is 0.611. The number of aromatic nitrogens is 3. The van der Waals surface area contributed by atoms with Crippen LogP contribution in [0.3, 0.4) is 0 Å². The van der Waals surface area contributed by atoms with E-state index in [1.54, 1.807) is 17.7 Å². The average Bonchev–Trinajstić information content (AvgIpc) is 3.08. The van der Waals surface area contributed by atoms with Crippen molar-refractivity contribution in [1.29, 1.82) is 0 Å². The number of nitrogens with one attached hydrogen (secondary N) is 1. The minimum absolute atomic E-state index is 0.581. The SMILES string of the molecule is Cc1nc(CN2CCN(c3cc(C4CCNCC4)ncn3)CC2)cs1. The molecule has 7 heteroatoms. The quantitative estimate of drug-likeness (QED) is 0.903. The normalized spacial score (nSPS) is 20.1. The van der Waals surface area contributed by atoms with Gasteiger partial charge in [-0.15, -0.1) is 11.3 Å². The third-order valence-corrected chi connectivity index (χ3v) is 6.00. The molecule has 2 aliphatic rings. The van der Waals surface area contributed by atoms with Gasteiger partial charge in [-0.2, -0.15) is 0 Å². The Morgan fingerprint density at radius 2 is 1.96 bits per heavy atom. The second kappa shape index (κ2) is 7.76. The van der Waals surface area contributed by atoms with Crippen LogP contribution in [0.15, 0.2) is 17.8 Å². The minimum atomic E-state index is 0.581. The van der Waals surface area contributed by atoms with Crippen LogP contribution in [0, 0.1) is 6.92 Å². The fourth-order valence-corrected chi connectivity index (χ4v) is 4.32. The van der Waals surface area contributed by atoms with Gasteiger partial charge in [0.2, 0.25) is 0 Å². The molecule has 2 fully saturated rings. The molecule has 2 aromatic heterocycles. The molecule has 0 saturated carbocycles. The number of piperazine rings is 1. The average molecular weight is 359 g/mol. The van der Waals surface area contributed by atoms with Crippen LogP contribution in [-0.2, 0) is 6.54 Å². The van der Waals surface area contributed by atoms with Crippen molar-refractivity contribution < 1.29 is 0 Å². The summed E-state index contributed by atoms with van der Waals surface area (Å²) in [7, 11) is 0. The highest BCUT2D eigenvalue weighted by Crippen LogP contribution is 2.26. The summed E-state index contributed by atoms with van der Waals surface area (Å²) >= 11 is 1.74. The van der Waals surface area contributed by atoms with E-state index in [0.717, 1.165) is 56.6 Å². The Hall–Kier alpha value is -1.57. The van der Waals surface area contributed by atoms with Crippen molar-refractivity contribution in [2.45, 2.75) is 32.2 Å². The van der Waals surface area contributed by atoms with Gasteiger partial charge in [-0.05, 0) is 32.9 Å². The Balaban J connectivity index is 1.35. The predicted octanol–water partition coefficient (Wildman–Crippen LogP) is 2.03. The molecule has 0 aromatic carbocycles. The maximum atomic E-state index is 4.58. The summed E-state index contributed by atoms with van der Waals surface area (Å²) < 4.78 is 0. The first-order valence-electron chi connectivity index (χ1n) is 9.19. The Kier molecular flexibility index (Phi) is 5.24. The molecule has 0 aliphatic carbocycles. The van der Waals surface area contributed by atoms with E-state index in [4.69, 9.17) is 0 Å². The monoisotopic (exact) mass is 358 g/mol. The molecule has 0 spiro atoms. The largest absolute Gasteiger partial charge is 0.354 e. The number of nitrogens with zero attached hydrogens (tertiary/aromatic N) is 5. The van der Waals surface area contributed by atoms with Crippen LogP contribution >= 0.6 is 11.3 Å². The van der Waals surface area contributed by atoms with Crippen LogP contribution in [0.2, 0.25) is 0 Å². The lowest BCUT2D eigenvalue weighted by Gasteiger charge is -2.35. The molecule has 4 heterocycles. The molecule has 2 saturated heterocycles. The maximum Gasteiger partial charge on any atom is 0.132 e. The Bertz CT molecular complexity index is 688. The van der Waals surface area contributed by atoms with Crippen LogP contribution in [0.1, 0.15) is 35.2 Å². The van der Waals surface area contributed by atoms with Crippen LogP contribution in [0.5, 0.6) is 0 Å². The zero-order valence-corrected chi connectivity index (χ0v) is 15.6. The summed E-state index contributed by atoms with van der Waals surface area (Å²) in [4.78, 5) is 18.6. The van der Waals surface area contributed by atoms with Gasteiger partial charge in [0.1, 0.15) is 12.1 Å². The highest BCUT2D eigenvalue weighted by molar-refractivity contribution is 7.09. The number of rotatable bonds is 4. The molecular formula is C18H26N6S. The van der Waals surface area contributed by atoms with Crippen LogP contribution < -0.4 is 10.2 Å². The molecule has 0 atom stereocenters. The smallest absolute Gasteiger partial charge is 0.132 e. The van der Waals surface area contributed by atoms with E-state index in [1.807, 2.05) is 0 Å². The number of aryl methyl sites for hydroxylation is 1. The van der Waals surface area contributed by atoms with Gasteiger partial charge in [0.15, 0.2) is 0 Å². The predicted molar refractivity (Wildman–Crippen MR) is 101 cm³/mol. The van der Waals surface area contributed by atoms with Crippen molar-refractivity contribution in [1.82, 2.24) is 25.2 Å². The van der Waals surface area contributed by atoms with Gasteiger partial charge in [0.25, 0.3) is 0 Å². The van der Waals surface area contributed by atoms with Crippen LogP contribution in [0.4, 0.5) is 5.82 Å². The number of thiazole rings is 1. The molecule has 1 N–H and O–H groups in total. The second-order valence-electron chi connectivity index (χ2n) is 6.95. The molecule has 0 bridgehead atoms. The number of piperidine rings is 1. The van der Waals surface area contributed by atoms with Crippen molar-refractivity contribution >= 4 is 17.2 Å². The molecule has 25 heavy (non-hydrogen) atoms.